The fraction of sp³-hybridized carbons (Fsp3) is 0.538. The molecule has 2 amide bonds. The van der Waals surface area contributed by atoms with Crippen molar-refractivity contribution in [1.82, 2.24) is 10.2 Å². The Kier molecular flexibility index (Phi) is 3.07. The second-order valence-corrected chi connectivity index (χ2v) is 11.6. The zero-order valence-corrected chi connectivity index (χ0v) is 19.0. The van der Waals surface area contributed by atoms with Crippen molar-refractivity contribution >= 4 is 29.2 Å². The van der Waals surface area contributed by atoms with Crippen LogP contribution in [-0.2, 0) is 9.59 Å². The smallest absolute Gasteiger partial charge is 0.253 e. The normalized spacial score (nSPS) is 38.5. The molecule has 166 valence electrons. The van der Waals surface area contributed by atoms with Crippen molar-refractivity contribution in [2.24, 2.45) is 11.3 Å². The van der Waals surface area contributed by atoms with Crippen LogP contribution in [0.25, 0.3) is 11.6 Å². The lowest BCUT2D eigenvalue weighted by atomic mass is 9.51. The Labute approximate surface area is 188 Å². The van der Waals surface area contributed by atoms with Crippen LogP contribution in [0.5, 0.6) is 5.75 Å². The van der Waals surface area contributed by atoms with Crippen molar-refractivity contribution in [3.05, 3.63) is 35.4 Å². The molecule has 1 aromatic carbocycles. The molecule has 2 spiro atoms. The van der Waals surface area contributed by atoms with Gasteiger partial charge in [0.05, 0.1) is 11.7 Å². The Hall–Kier alpha value is -2.76. The molecule has 0 aromatic heterocycles. The molecule has 2 bridgehead atoms. The van der Waals surface area contributed by atoms with Gasteiger partial charge in [-0.1, -0.05) is 13.8 Å². The molecule has 4 unspecified atom stereocenters. The van der Waals surface area contributed by atoms with E-state index in [-0.39, 0.29) is 34.8 Å². The first-order valence-electron chi connectivity index (χ1n) is 11.8. The number of rotatable bonds is 0. The molecule has 32 heavy (non-hydrogen) atoms. The van der Waals surface area contributed by atoms with Gasteiger partial charge >= 0.3 is 0 Å². The minimum absolute atomic E-state index is 0.0344. The van der Waals surface area contributed by atoms with Crippen LogP contribution in [0.4, 0.5) is 5.69 Å². The number of hydrogen-bond acceptors (Lipinski definition) is 4. The SMILES string of the molecule is CC1(C)C=Cc2c(ccc3c2NC2C3=CC34NC(=O)C5(CCCN5C3=O)CC4C2(C)C)O1. The fourth-order valence-corrected chi connectivity index (χ4v) is 7.50. The standard InChI is InChI=1S/C26H29N3O3/c1-23(2)10-8-15-17(32-23)7-6-14-16-12-26-18(24(3,4)20(16)27-19(14)15)13-25(21(30)28-26)9-5-11-29(25)22(26)31/h6-8,10,12,18,20,27H,5,9,11,13H2,1-4H3,(H,28,30). The highest BCUT2D eigenvalue weighted by Crippen LogP contribution is 2.62. The molecular formula is C26H29N3O3. The van der Waals surface area contributed by atoms with Crippen LogP contribution >= 0.6 is 0 Å². The van der Waals surface area contributed by atoms with Crippen LogP contribution < -0.4 is 15.4 Å². The number of benzene rings is 1. The summed E-state index contributed by atoms with van der Waals surface area (Å²) in [5, 5.41) is 7.06. The minimum atomic E-state index is -0.952. The third kappa shape index (κ3) is 1.90. The zero-order chi connectivity index (χ0) is 22.3. The van der Waals surface area contributed by atoms with Crippen molar-refractivity contribution in [2.75, 3.05) is 11.9 Å². The molecule has 6 nitrogen and oxygen atoms in total. The highest BCUT2D eigenvalue weighted by Gasteiger charge is 2.73. The van der Waals surface area contributed by atoms with Crippen LogP contribution in [0.15, 0.2) is 24.3 Å². The molecule has 6 aliphatic heterocycles. The van der Waals surface area contributed by atoms with Crippen LogP contribution in [0, 0.1) is 11.3 Å². The molecule has 0 saturated carbocycles. The van der Waals surface area contributed by atoms with Crippen molar-refractivity contribution in [1.29, 1.82) is 0 Å². The van der Waals surface area contributed by atoms with E-state index in [2.05, 4.69) is 62.6 Å². The minimum Gasteiger partial charge on any atom is -0.483 e. The summed E-state index contributed by atoms with van der Waals surface area (Å²) in [6.07, 6.45) is 8.75. The zero-order valence-electron chi connectivity index (χ0n) is 19.0. The van der Waals surface area contributed by atoms with Gasteiger partial charge in [0.25, 0.3) is 5.91 Å². The number of piperazine rings is 1. The number of amides is 2. The maximum atomic E-state index is 13.9. The number of ether oxygens (including phenoxy) is 1. The molecule has 2 N–H and O–H groups in total. The largest absolute Gasteiger partial charge is 0.483 e. The van der Waals surface area contributed by atoms with Gasteiger partial charge in [0.15, 0.2) is 0 Å². The summed E-state index contributed by atoms with van der Waals surface area (Å²) in [6.45, 7) is 9.31. The third-order valence-electron chi connectivity index (χ3n) is 9.09. The summed E-state index contributed by atoms with van der Waals surface area (Å²) in [5.74, 6) is 1.04. The van der Waals surface area contributed by atoms with E-state index in [1.807, 2.05) is 11.0 Å². The van der Waals surface area contributed by atoms with E-state index >= 15 is 0 Å². The van der Waals surface area contributed by atoms with Crippen molar-refractivity contribution in [3.63, 3.8) is 0 Å². The number of carbonyl (C=O) groups is 2. The number of hydrogen-bond donors (Lipinski definition) is 2. The van der Waals surface area contributed by atoms with E-state index < -0.39 is 11.1 Å². The van der Waals surface area contributed by atoms with Crippen molar-refractivity contribution < 1.29 is 14.3 Å². The van der Waals surface area contributed by atoms with Gasteiger partial charge in [0, 0.05) is 23.6 Å². The van der Waals surface area contributed by atoms with Gasteiger partial charge in [0.1, 0.15) is 22.4 Å². The summed E-state index contributed by atoms with van der Waals surface area (Å²) in [7, 11) is 0. The monoisotopic (exact) mass is 431 g/mol. The van der Waals surface area contributed by atoms with Gasteiger partial charge in [-0.05, 0) is 74.5 Å². The van der Waals surface area contributed by atoms with Crippen molar-refractivity contribution in [3.8, 4) is 5.75 Å². The maximum absolute atomic E-state index is 13.9. The molecule has 7 aliphatic rings. The number of piperidine rings is 2. The fourth-order valence-electron chi connectivity index (χ4n) is 7.50. The van der Waals surface area contributed by atoms with E-state index in [9.17, 15) is 9.59 Å². The summed E-state index contributed by atoms with van der Waals surface area (Å²) in [5.41, 5.74) is 2.19. The summed E-state index contributed by atoms with van der Waals surface area (Å²) in [4.78, 5) is 29.0. The average Bonchev–Trinajstić information content (AvgIpc) is 3.32. The van der Waals surface area contributed by atoms with Crippen LogP contribution in [-0.4, -0.2) is 46.0 Å². The molecule has 4 fully saturated rings. The van der Waals surface area contributed by atoms with E-state index in [1.165, 1.54) is 0 Å². The van der Waals surface area contributed by atoms with Crippen LogP contribution in [0.1, 0.15) is 58.1 Å². The van der Waals surface area contributed by atoms with Gasteiger partial charge in [-0.25, -0.2) is 0 Å². The predicted molar refractivity (Wildman–Crippen MR) is 122 cm³/mol. The van der Waals surface area contributed by atoms with Gasteiger partial charge < -0.3 is 20.3 Å². The quantitative estimate of drug-likeness (QED) is 0.661. The summed E-state index contributed by atoms with van der Waals surface area (Å²) in [6, 6.07) is 4.22. The first-order valence-corrected chi connectivity index (χ1v) is 11.8. The number of fused-ring (bicyclic) bond motifs is 6. The lowest BCUT2D eigenvalue weighted by molar-refractivity contribution is -0.177. The average molecular weight is 432 g/mol. The first kappa shape index (κ1) is 18.8. The van der Waals surface area contributed by atoms with Crippen LogP contribution in [0.3, 0.4) is 0 Å². The molecule has 0 radical (unpaired) electrons. The van der Waals surface area contributed by atoms with Gasteiger partial charge in [-0.15, -0.1) is 0 Å². The lowest BCUT2D eigenvalue weighted by Crippen LogP contribution is -2.83. The molecule has 4 atom stereocenters. The molecule has 8 rings (SSSR count). The van der Waals surface area contributed by atoms with Crippen molar-refractivity contribution in [2.45, 2.75) is 69.7 Å². The highest BCUT2D eigenvalue weighted by molar-refractivity contribution is 6.08. The molecule has 1 aromatic rings. The Morgan fingerprint density at radius 3 is 2.78 bits per heavy atom. The summed E-state index contributed by atoms with van der Waals surface area (Å²) < 4.78 is 6.21. The lowest BCUT2D eigenvalue weighted by Gasteiger charge is -2.64. The Morgan fingerprint density at radius 2 is 1.97 bits per heavy atom. The second-order valence-electron chi connectivity index (χ2n) is 11.6. The van der Waals surface area contributed by atoms with E-state index in [0.717, 1.165) is 47.4 Å². The van der Waals surface area contributed by atoms with Gasteiger partial charge in [-0.3, -0.25) is 9.59 Å². The highest BCUT2D eigenvalue weighted by atomic mass is 16.5. The summed E-state index contributed by atoms with van der Waals surface area (Å²) >= 11 is 0. The van der Waals surface area contributed by atoms with Crippen LogP contribution in [0.2, 0.25) is 0 Å². The van der Waals surface area contributed by atoms with E-state index in [4.69, 9.17) is 4.74 Å². The molecule has 4 saturated heterocycles. The van der Waals surface area contributed by atoms with E-state index in [1.54, 1.807) is 0 Å². The maximum Gasteiger partial charge on any atom is 0.253 e. The molecule has 6 heterocycles. The third-order valence-corrected chi connectivity index (χ3v) is 9.09. The predicted octanol–water partition coefficient (Wildman–Crippen LogP) is 3.34. The van der Waals surface area contributed by atoms with E-state index in [0.29, 0.717) is 6.54 Å². The number of anilines is 1. The van der Waals surface area contributed by atoms with Gasteiger partial charge in [0.2, 0.25) is 5.91 Å². The second kappa shape index (κ2) is 5.24. The molecule has 6 heteroatoms. The molecule has 1 aliphatic carbocycles. The number of carbonyl (C=O) groups excluding carboxylic acids is 2. The van der Waals surface area contributed by atoms with Gasteiger partial charge in [-0.2, -0.15) is 0 Å². The number of nitrogens with zero attached hydrogens (tertiary/aromatic N) is 1. The Bertz CT molecular complexity index is 1190. The number of nitrogens with one attached hydrogen (secondary N) is 2. The topological polar surface area (TPSA) is 70.7 Å². The Balaban J connectivity index is 1.43. The molecular weight excluding hydrogens is 402 g/mol. The first-order chi connectivity index (χ1) is 15.1. The Morgan fingerprint density at radius 1 is 1.16 bits per heavy atom.